The quantitative estimate of drug-likeness (QED) is 0.0935. The van der Waals surface area contributed by atoms with Crippen LogP contribution >= 0.6 is 0 Å². The van der Waals surface area contributed by atoms with E-state index in [9.17, 15) is 29.1 Å². The number of ether oxygens (including phenoxy) is 5. The molecule has 1 aromatic heterocycles. The number of aliphatic hydroxyl groups is 1. The zero-order valence-corrected chi connectivity index (χ0v) is 35.3. The smallest absolute Gasteiger partial charge is 0.422 e. The summed E-state index contributed by atoms with van der Waals surface area (Å²) in [6.45, 7) is 13.4. The zero-order valence-electron chi connectivity index (χ0n) is 35.3. The van der Waals surface area contributed by atoms with E-state index in [-0.39, 0.29) is 30.8 Å². The topological polar surface area (TPSA) is 204 Å². The van der Waals surface area contributed by atoms with Gasteiger partial charge in [-0.1, -0.05) is 45.9 Å². The minimum absolute atomic E-state index is 0.154. The molecular formula is C42H61N5O11. The molecule has 0 aliphatic carbocycles. The molecule has 3 saturated heterocycles. The number of para-hydroxylation sites is 1. The number of benzene rings is 1. The fourth-order valence-corrected chi connectivity index (χ4v) is 8.92. The van der Waals surface area contributed by atoms with Gasteiger partial charge in [-0.15, -0.1) is 0 Å². The first kappa shape index (κ1) is 44.9. The molecule has 13 atom stereocenters. The van der Waals surface area contributed by atoms with Gasteiger partial charge < -0.3 is 39.0 Å². The van der Waals surface area contributed by atoms with E-state index in [1.807, 2.05) is 56.3 Å². The van der Waals surface area contributed by atoms with Crippen LogP contribution in [0, 0.1) is 23.7 Å². The van der Waals surface area contributed by atoms with Crippen molar-refractivity contribution in [3.05, 3.63) is 42.1 Å². The number of nitrogens with zero attached hydrogens (tertiary/aromatic N) is 2. The highest BCUT2D eigenvalue weighted by Gasteiger charge is 2.57. The number of carbonyl (C=O) groups excluding carboxylic acids is 5. The van der Waals surface area contributed by atoms with Crippen molar-refractivity contribution in [2.24, 2.45) is 23.7 Å². The van der Waals surface area contributed by atoms with Gasteiger partial charge in [-0.3, -0.25) is 24.8 Å². The molecule has 0 radical (unpaired) electrons. The number of alkyl carbamates (subject to hydrolysis) is 1. The number of cyclic esters (lactones) is 1. The lowest BCUT2D eigenvalue weighted by molar-refractivity contribution is -0.292. The number of aliphatic hydroxyl groups excluding tert-OH is 1. The van der Waals surface area contributed by atoms with E-state index in [0.717, 1.165) is 16.5 Å². The van der Waals surface area contributed by atoms with Gasteiger partial charge >= 0.3 is 18.2 Å². The summed E-state index contributed by atoms with van der Waals surface area (Å²) < 4.78 is 30.6. The number of nitrogens with one attached hydrogen (secondary N) is 3. The molecule has 3 fully saturated rings. The van der Waals surface area contributed by atoms with Gasteiger partial charge in [0.2, 0.25) is 0 Å². The molecule has 16 heteroatoms. The number of esters is 1. The van der Waals surface area contributed by atoms with E-state index < -0.39 is 89.5 Å². The van der Waals surface area contributed by atoms with Gasteiger partial charge in [0.25, 0.3) is 0 Å². The summed E-state index contributed by atoms with van der Waals surface area (Å²) in [5.74, 6) is -5.97. The monoisotopic (exact) mass is 811 g/mol. The average Bonchev–Trinajstić information content (AvgIpc) is 3.50. The predicted octanol–water partition coefficient (Wildman–Crippen LogP) is 3.85. The van der Waals surface area contributed by atoms with Gasteiger partial charge in [-0.2, -0.15) is 0 Å². The van der Waals surface area contributed by atoms with Crippen LogP contribution in [0.2, 0.25) is 0 Å². The van der Waals surface area contributed by atoms with E-state index in [4.69, 9.17) is 23.7 Å². The number of hydrazine groups is 1. The summed E-state index contributed by atoms with van der Waals surface area (Å²) >= 11 is 0. The summed E-state index contributed by atoms with van der Waals surface area (Å²) in [4.78, 5) is 75.5. The third-order valence-corrected chi connectivity index (χ3v) is 12.2. The van der Waals surface area contributed by atoms with Crippen LogP contribution < -0.4 is 16.2 Å². The van der Waals surface area contributed by atoms with Crippen LogP contribution in [0.1, 0.15) is 80.2 Å². The summed E-state index contributed by atoms with van der Waals surface area (Å²) in [5.41, 5.74) is 4.08. The van der Waals surface area contributed by atoms with Crippen LogP contribution in [-0.4, -0.2) is 119 Å². The van der Waals surface area contributed by atoms with Gasteiger partial charge in [0.05, 0.1) is 17.7 Å². The van der Waals surface area contributed by atoms with E-state index in [0.29, 0.717) is 19.4 Å². The van der Waals surface area contributed by atoms with E-state index >= 15 is 0 Å². The number of likely N-dealkylation sites (N-methyl/N-ethyl adjacent to an activating group) is 1. The van der Waals surface area contributed by atoms with E-state index in [1.165, 1.54) is 6.92 Å². The van der Waals surface area contributed by atoms with Gasteiger partial charge in [0.15, 0.2) is 17.7 Å². The molecule has 58 heavy (non-hydrogen) atoms. The number of pyridine rings is 1. The van der Waals surface area contributed by atoms with Crippen molar-refractivity contribution in [3.8, 4) is 0 Å². The van der Waals surface area contributed by atoms with Crippen LogP contribution in [0.15, 0.2) is 36.5 Å². The Hall–Kier alpha value is -4.22. The third-order valence-electron chi connectivity index (χ3n) is 12.2. The first-order valence-electron chi connectivity index (χ1n) is 20.3. The van der Waals surface area contributed by atoms with Crippen LogP contribution in [-0.2, 0) is 44.5 Å². The number of hydrogen-bond acceptors (Lipinski definition) is 14. The Kier molecular flexibility index (Phi) is 14.2. The van der Waals surface area contributed by atoms with Crippen molar-refractivity contribution in [1.29, 1.82) is 0 Å². The maximum atomic E-state index is 14.4. The number of ketones is 2. The van der Waals surface area contributed by atoms with Crippen molar-refractivity contribution in [1.82, 2.24) is 26.1 Å². The van der Waals surface area contributed by atoms with Gasteiger partial charge in [0, 0.05) is 41.9 Å². The second kappa shape index (κ2) is 18.4. The van der Waals surface area contributed by atoms with Crippen LogP contribution in [0.5, 0.6) is 0 Å². The Morgan fingerprint density at radius 3 is 2.45 bits per heavy atom. The highest BCUT2D eigenvalue weighted by Crippen LogP contribution is 2.40. The zero-order chi connectivity index (χ0) is 42.7. The van der Waals surface area contributed by atoms with Crippen molar-refractivity contribution in [2.75, 3.05) is 20.6 Å². The van der Waals surface area contributed by atoms with Crippen LogP contribution in [0.25, 0.3) is 10.9 Å². The molecule has 0 bridgehead atoms. The molecule has 4 heterocycles. The lowest BCUT2D eigenvalue weighted by atomic mass is 9.73. The predicted molar refractivity (Wildman–Crippen MR) is 212 cm³/mol. The molecule has 16 nitrogen and oxygen atoms in total. The lowest BCUT2D eigenvalue weighted by Crippen LogP contribution is -2.61. The summed E-state index contributed by atoms with van der Waals surface area (Å²) in [6.07, 6.45) is -4.00. The largest absolute Gasteiger partial charge is 0.458 e. The molecule has 0 unspecified atom stereocenters. The third kappa shape index (κ3) is 9.63. The Morgan fingerprint density at radius 1 is 1.05 bits per heavy atom. The first-order chi connectivity index (χ1) is 27.3. The average molecular weight is 812 g/mol. The SMILES string of the molecule is CC[C@H]1OC(=O)[C@H](C)C(=O)[C@H](C)[C@@H](O[C@@H]2O[C@H](C)C[C@H](N(C)C)[C@H]2O)[C@](C)(OC(=O)NNCCc2cnc3ccccc3c2)C[C@@H](C)C(=O)[C@H](C)[C@H]2NC(=O)O[C@@]21C. The number of hydrogen-bond donors (Lipinski definition) is 4. The Bertz CT molecular complexity index is 1830. The minimum atomic E-state index is -1.76. The van der Waals surface area contributed by atoms with Crippen molar-refractivity contribution in [3.63, 3.8) is 0 Å². The normalized spacial score (nSPS) is 36.4. The number of aromatic nitrogens is 1. The van der Waals surface area contributed by atoms with E-state index in [1.54, 1.807) is 47.7 Å². The molecule has 5 rings (SSSR count). The Labute approximate surface area is 340 Å². The standard InChI is InChI=1S/C42H61N5O11/c1-11-31-42(8)35(45-39(52)58-42)24(4)32(48)22(2)20-41(7,57-40(53)46-44-17-16-27-19-28-14-12-13-15-29(28)43-21-27)36(25(5)33(49)26(6)37(51)55-31)56-38-34(50)30(47(9)10)18-23(3)54-38/h12-15,19,21-26,30-31,34-36,38,44,50H,11,16-18,20H2,1-10H3,(H,45,52)(H,46,53)/t22-,23-,24+,25+,26-,30+,31-,34-,35-,36-,38+,41-,42-/m1/s1. The lowest BCUT2D eigenvalue weighted by Gasteiger charge is -2.47. The molecular weight excluding hydrogens is 750 g/mol. The number of Topliss-reactive ketones (excluding diaryl/α,β-unsaturated/α-hetero) is 2. The highest BCUT2D eigenvalue weighted by atomic mass is 16.7. The van der Waals surface area contributed by atoms with E-state index in [2.05, 4.69) is 21.2 Å². The Balaban J connectivity index is 1.48. The second-order valence-corrected chi connectivity index (χ2v) is 16.9. The molecule has 3 aliphatic heterocycles. The summed E-state index contributed by atoms with van der Waals surface area (Å²) in [7, 11) is 3.65. The minimum Gasteiger partial charge on any atom is -0.458 e. The molecule has 2 amide bonds. The maximum Gasteiger partial charge on any atom is 0.422 e. The molecule has 0 saturated carbocycles. The van der Waals surface area contributed by atoms with Crippen molar-refractivity contribution < 1.29 is 52.8 Å². The van der Waals surface area contributed by atoms with Crippen molar-refractivity contribution in [2.45, 2.75) is 135 Å². The fourth-order valence-electron chi connectivity index (χ4n) is 8.92. The Morgan fingerprint density at radius 2 is 1.76 bits per heavy atom. The number of rotatable bonds is 9. The number of amides is 2. The second-order valence-electron chi connectivity index (χ2n) is 16.9. The molecule has 320 valence electrons. The van der Waals surface area contributed by atoms with Crippen LogP contribution in [0.3, 0.4) is 0 Å². The highest BCUT2D eigenvalue weighted by molar-refractivity contribution is 6.00. The molecule has 3 aliphatic rings. The van der Waals surface area contributed by atoms with Gasteiger partial charge in [-0.25, -0.2) is 15.0 Å². The van der Waals surface area contributed by atoms with Crippen LogP contribution in [0.4, 0.5) is 9.59 Å². The molecule has 1 aromatic carbocycles. The number of fused-ring (bicyclic) bond motifs is 2. The summed E-state index contributed by atoms with van der Waals surface area (Å²) in [6, 6.07) is 8.49. The first-order valence-corrected chi connectivity index (χ1v) is 20.3. The van der Waals surface area contributed by atoms with Gasteiger partial charge in [-0.05, 0) is 85.2 Å². The fraction of sp³-hybridized carbons (Fsp3) is 0.667. The van der Waals surface area contributed by atoms with Gasteiger partial charge in [0.1, 0.15) is 35.6 Å². The molecule has 2 aromatic rings. The summed E-state index contributed by atoms with van der Waals surface area (Å²) in [5, 5.41) is 15.3. The number of carbonyl (C=O) groups is 5. The molecule has 0 spiro atoms. The molecule has 4 N–H and O–H groups in total. The van der Waals surface area contributed by atoms with Crippen molar-refractivity contribution >= 4 is 40.6 Å². The maximum absolute atomic E-state index is 14.4.